The third kappa shape index (κ3) is 2.89. The van der Waals surface area contributed by atoms with E-state index in [-0.39, 0.29) is 5.75 Å². The first kappa shape index (κ1) is 21.0. The van der Waals surface area contributed by atoms with Crippen molar-refractivity contribution in [1.82, 2.24) is 4.98 Å². The van der Waals surface area contributed by atoms with E-state index < -0.39 is 45.3 Å². The molecular weight excluding hydrogens is 430 g/mol. The van der Waals surface area contributed by atoms with Crippen LogP contribution in [-0.4, -0.2) is 65.6 Å². The standard InChI is InChI=1S/C16H18BrNO7S/c1-8(19)14(22)7-26-13(25-11-4-5-18-12(17)6-11)15(23,9(2)20)16(14,24)10(3)21/h4-6,13,22-24H,7H2,1-3H3/t13-,14-,15-,16-/m0/s1. The fraction of sp³-hybridized carbons (Fsp3) is 0.500. The van der Waals surface area contributed by atoms with Gasteiger partial charge >= 0.3 is 0 Å². The highest BCUT2D eigenvalue weighted by molar-refractivity contribution is 9.10. The van der Waals surface area contributed by atoms with Gasteiger partial charge in [0.15, 0.2) is 34.0 Å². The number of aliphatic hydroxyl groups is 3. The average molecular weight is 448 g/mol. The van der Waals surface area contributed by atoms with Crippen LogP contribution in [0.2, 0.25) is 0 Å². The van der Waals surface area contributed by atoms with Crippen molar-refractivity contribution in [1.29, 1.82) is 0 Å². The number of hydrogen-bond acceptors (Lipinski definition) is 9. The second-order valence-corrected chi connectivity index (χ2v) is 7.94. The molecule has 1 aliphatic rings. The smallest absolute Gasteiger partial charge is 0.208 e. The molecule has 0 radical (unpaired) electrons. The molecule has 1 saturated heterocycles. The maximum atomic E-state index is 12.3. The highest BCUT2D eigenvalue weighted by atomic mass is 79.9. The van der Waals surface area contributed by atoms with Gasteiger partial charge in [-0.25, -0.2) is 4.98 Å². The lowest BCUT2D eigenvalue weighted by Gasteiger charge is -2.54. The quantitative estimate of drug-likeness (QED) is 0.542. The minimum absolute atomic E-state index is 0.197. The zero-order valence-electron chi connectivity index (χ0n) is 14.2. The Morgan fingerprint density at radius 2 is 1.81 bits per heavy atom. The first-order chi connectivity index (χ1) is 11.9. The molecule has 2 rings (SSSR count). The maximum Gasteiger partial charge on any atom is 0.208 e. The summed E-state index contributed by atoms with van der Waals surface area (Å²) in [5.74, 6) is -3.36. The second kappa shape index (κ2) is 7.01. The van der Waals surface area contributed by atoms with E-state index in [2.05, 4.69) is 20.9 Å². The Morgan fingerprint density at radius 1 is 1.19 bits per heavy atom. The highest BCUT2D eigenvalue weighted by Crippen LogP contribution is 2.49. The lowest BCUT2D eigenvalue weighted by molar-refractivity contribution is -0.236. The van der Waals surface area contributed by atoms with Crippen LogP contribution in [0.3, 0.4) is 0 Å². The van der Waals surface area contributed by atoms with Gasteiger partial charge in [-0.2, -0.15) is 0 Å². The predicted octanol–water partition coefficient (Wildman–Crippen LogP) is 0.256. The number of aromatic nitrogens is 1. The highest BCUT2D eigenvalue weighted by Gasteiger charge is 2.75. The lowest BCUT2D eigenvalue weighted by atomic mass is 9.65. The number of ketones is 3. The van der Waals surface area contributed by atoms with Gasteiger partial charge in [-0.05, 0) is 42.8 Å². The van der Waals surface area contributed by atoms with Crippen molar-refractivity contribution >= 4 is 45.0 Å². The average Bonchev–Trinajstić information content (AvgIpc) is 2.55. The SMILES string of the molecule is CC(=O)[C@]1(O)[C@@](O)(C(C)=O)CS[C@H](Oc2ccnc(Br)c2)[C@@]1(O)C(C)=O. The van der Waals surface area contributed by atoms with Crippen molar-refractivity contribution in [3.8, 4) is 5.75 Å². The van der Waals surface area contributed by atoms with Gasteiger partial charge in [0, 0.05) is 18.0 Å². The van der Waals surface area contributed by atoms with Crippen molar-refractivity contribution in [3.05, 3.63) is 22.9 Å². The van der Waals surface area contributed by atoms with E-state index in [4.69, 9.17) is 4.74 Å². The molecule has 1 aliphatic heterocycles. The molecule has 0 aliphatic carbocycles. The molecule has 4 atom stereocenters. The fourth-order valence-corrected chi connectivity index (χ4v) is 4.85. The summed E-state index contributed by atoms with van der Waals surface area (Å²) < 4.78 is 6.04. The third-order valence-corrected chi connectivity index (χ3v) is 6.26. The van der Waals surface area contributed by atoms with Gasteiger partial charge in [-0.3, -0.25) is 14.4 Å². The number of hydrogen-bond donors (Lipinski definition) is 3. The Kier molecular flexibility index (Phi) is 5.65. The van der Waals surface area contributed by atoms with Gasteiger partial charge in [-0.1, -0.05) is 0 Å². The van der Waals surface area contributed by atoms with E-state index in [1.807, 2.05) is 0 Å². The van der Waals surface area contributed by atoms with Gasteiger partial charge < -0.3 is 20.1 Å². The monoisotopic (exact) mass is 447 g/mol. The summed E-state index contributed by atoms with van der Waals surface area (Å²) >= 11 is 3.89. The molecule has 0 aromatic carbocycles. The number of rotatable bonds is 5. The first-order valence-electron chi connectivity index (χ1n) is 7.51. The van der Waals surface area contributed by atoms with E-state index in [9.17, 15) is 29.7 Å². The van der Waals surface area contributed by atoms with Crippen LogP contribution in [0.25, 0.3) is 0 Å². The van der Waals surface area contributed by atoms with Crippen molar-refractivity contribution in [2.75, 3.05) is 5.75 Å². The van der Waals surface area contributed by atoms with E-state index >= 15 is 0 Å². The molecule has 0 saturated carbocycles. The van der Waals surface area contributed by atoms with Crippen LogP contribution in [0.5, 0.6) is 5.75 Å². The van der Waals surface area contributed by atoms with E-state index in [1.165, 1.54) is 18.3 Å². The van der Waals surface area contributed by atoms with Crippen molar-refractivity contribution in [2.24, 2.45) is 0 Å². The Bertz CT molecular complexity index is 775. The van der Waals surface area contributed by atoms with Crippen LogP contribution >= 0.6 is 27.7 Å². The number of ether oxygens (including phenoxy) is 1. The third-order valence-electron chi connectivity index (χ3n) is 4.50. The summed E-state index contributed by atoms with van der Waals surface area (Å²) in [6, 6.07) is 2.91. The molecule has 8 nitrogen and oxygen atoms in total. The second-order valence-electron chi connectivity index (χ2n) is 6.08. The van der Waals surface area contributed by atoms with E-state index in [0.29, 0.717) is 4.60 Å². The minimum Gasteiger partial charge on any atom is -0.476 e. The number of nitrogens with zero attached hydrogens (tertiary/aromatic N) is 1. The molecule has 26 heavy (non-hydrogen) atoms. The summed E-state index contributed by atoms with van der Waals surface area (Å²) in [5, 5.41) is 32.9. The zero-order valence-corrected chi connectivity index (χ0v) is 16.6. The molecule has 2 heterocycles. The molecular formula is C16H18BrNO7S. The van der Waals surface area contributed by atoms with Crippen LogP contribution in [0.4, 0.5) is 0 Å². The van der Waals surface area contributed by atoms with Crippen molar-refractivity contribution < 1.29 is 34.4 Å². The van der Waals surface area contributed by atoms with Gasteiger partial charge in [0.2, 0.25) is 5.60 Å². The Labute approximate surface area is 162 Å². The molecule has 0 bridgehead atoms. The largest absolute Gasteiger partial charge is 0.476 e. The van der Waals surface area contributed by atoms with E-state index in [1.54, 1.807) is 0 Å². The topological polar surface area (TPSA) is 134 Å². The van der Waals surface area contributed by atoms with Crippen LogP contribution in [0, 0.1) is 0 Å². The Morgan fingerprint density at radius 3 is 2.27 bits per heavy atom. The van der Waals surface area contributed by atoms with Crippen molar-refractivity contribution in [3.63, 3.8) is 0 Å². The Hall–Kier alpha value is -1.33. The van der Waals surface area contributed by atoms with Crippen molar-refractivity contribution in [2.45, 2.75) is 43.0 Å². The summed E-state index contributed by atoms with van der Waals surface area (Å²) in [5.41, 5.74) is -10.0. The fourth-order valence-electron chi connectivity index (χ4n) is 2.94. The van der Waals surface area contributed by atoms with Crippen LogP contribution in [0.15, 0.2) is 22.9 Å². The molecule has 3 N–H and O–H groups in total. The molecule has 10 heteroatoms. The van der Waals surface area contributed by atoms with Crippen LogP contribution in [0.1, 0.15) is 20.8 Å². The maximum absolute atomic E-state index is 12.3. The van der Waals surface area contributed by atoms with Gasteiger partial charge in [-0.15, -0.1) is 11.8 Å². The van der Waals surface area contributed by atoms with Gasteiger partial charge in [0.1, 0.15) is 10.4 Å². The number of halogens is 1. The number of thioether (sulfide) groups is 1. The number of pyridine rings is 1. The molecule has 0 spiro atoms. The number of Topliss-reactive ketones (excluding diaryl/α,β-unsaturated/α-hetero) is 3. The molecule has 0 amide bonds. The predicted molar refractivity (Wildman–Crippen MR) is 95.7 cm³/mol. The molecule has 142 valence electrons. The summed E-state index contributed by atoms with van der Waals surface area (Å²) in [4.78, 5) is 40.5. The zero-order chi connectivity index (χ0) is 19.9. The normalized spacial score (nSPS) is 34.2. The van der Waals surface area contributed by atoms with Gasteiger partial charge in [0.25, 0.3) is 0 Å². The lowest BCUT2D eigenvalue weighted by Crippen LogP contribution is -2.82. The van der Waals surface area contributed by atoms with E-state index in [0.717, 1.165) is 32.5 Å². The molecule has 1 aromatic rings. The number of carbonyl (C=O) groups is 3. The van der Waals surface area contributed by atoms with Gasteiger partial charge in [0.05, 0.1) is 0 Å². The summed E-state index contributed by atoms with van der Waals surface area (Å²) in [6.07, 6.45) is 1.41. The molecule has 1 fully saturated rings. The molecule has 0 unspecified atom stereocenters. The Balaban J connectivity index is 2.61. The summed E-state index contributed by atoms with van der Waals surface area (Å²) in [7, 11) is 0. The van der Waals surface area contributed by atoms with Crippen LogP contribution < -0.4 is 4.74 Å². The first-order valence-corrected chi connectivity index (χ1v) is 9.35. The van der Waals surface area contributed by atoms with Crippen LogP contribution in [-0.2, 0) is 14.4 Å². The minimum atomic E-state index is -3.07. The summed E-state index contributed by atoms with van der Waals surface area (Å²) in [6.45, 7) is 2.80. The number of carbonyl (C=O) groups excluding carboxylic acids is 3. The molecule has 1 aromatic heterocycles.